The number of fused-ring (bicyclic) bond motifs is 1. The van der Waals surface area contributed by atoms with Gasteiger partial charge in [0.25, 0.3) is 0 Å². The van der Waals surface area contributed by atoms with E-state index in [1.54, 1.807) is 0 Å². The van der Waals surface area contributed by atoms with E-state index < -0.39 is 5.97 Å². The van der Waals surface area contributed by atoms with Gasteiger partial charge in [-0.3, -0.25) is 4.79 Å². The van der Waals surface area contributed by atoms with Crippen LogP contribution in [-0.2, 0) is 11.2 Å². The summed E-state index contributed by atoms with van der Waals surface area (Å²) in [5.41, 5.74) is 2.55. The van der Waals surface area contributed by atoms with Crippen LogP contribution in [0.15, 0.2) is 24.3 Å². The van der Waals surface area contributed by atoms with E-state index in [0.717, 1.165) is 32.5 Å². The van der Waals surface area contributed by atoms with Gasteiger partial charge in [0.2, 0.25) is 0 Å². The van der Waals surface area contributed by atoms with Crippen LogP contribution in [-0.4, -0.2) is 30.7 Å². The van der Waals surface area contributed by atoms with Gasteiger partial charge < -0.3 is 15.7 Å². The van der Waals surface area contributed by atoms with Crippen molar-refractivity contribution >= 4 is 11.7 Å². The maximum atomic E-state index is 11.3. The van der Waals surface area contributed by atoms with Crippen molar-refractivity contribution in [1.82, 2.24) is 5.32 Å². The summed E-state index contributed by atoms with van der Waals surface area (Å²) in [6.45, 7) is 3.06. The third kappa shape index (κ3) is 3.80. The van der Waals surface area contributed by atoms with Crippen LogP contribution in [0.4, 0.5) is 5.69 Å². The minimum absolute atomic E-state index is 0.279. The lowest BCUT2D eigenvalue weighted by Gasteiger charge is -2.34. The lowest BCUT2D eigenvalue weighted by Crippen LogP contribution is -2.34. The predicted octanol–water partition coefficient (Wildman–Crippen LogP) is 2.75. The molecular weight excluding hydrogens is 276 g/mol. The van der Waals surface area contributed by atoms with Gasteiger partial charge in [-0.15, -0.1) is 0 Å². The molecule has 2 atom stereocenters. The Morgan fingerprint density at radius 1 is 1.27 bits per heavy atom. The molecule has 1 saturated heterocycles. The van der Waals surface area contributed by atoms with E-state index in [4.69, 9.17) is 0 Å². The quantitative estimate of drug-likeness (QED) is 0.782. The Hall–Kier alpha value is -1.55. The second kappa shape index (κ2) is 7.14. The zero-order valence-electron chi connectivity index (χ0n) is 13.1. The largest absolute Gasteiger partial charge is 0.481 e. The monoisotopic (exact) mass is 302 g/mol. The molecular formula is C18H26N2O2. The van der Waals surface area contributed by atoms with Gasteiger partial charge in [0, 0.05) is 18.7 Å². The molecule has 1 aromatic rings. The van der Waals surface area contributed by atoms with Gasteiger partial charge in [-0.2, -0.15) is 0 Å². The summed E-state index contributed by atoms with van der Waals surface area (Å²) in [6.07, 6.45) is 4.74. The molecule has 1 fully saturated rings. The molecule has 3 rings (SSSR count). The maximum absolute atomic E-state index is 11.3. The van der Waals surface area contributed by atoms with Crippen molar-refractivity contribution in [1.29, 1.82) is 0 Å². The smallest absolute Gasteiger partial charge is 0.303 e. The molecule has 120 valence electrons. The summed E-state index contributed by atoms with van der Waals surface area (Å²) in [6, 6.07) is 8.40. The molecule has 0 saturated carbocycles. The first kappa shape index (κ1) is 15.3. The van der Waals surface area contributed by atoms with Gasteiger partial charge in [0.1, 0.15) is 0 Å². The number of aliphatic carboxylic acids is 1. The topological polar surface area (TPSA) is 61.4 Å². The number of hydrogen-bond donors (Lipinski definition) is 3. The molecule has 2 aliphatic heterocycles. The number of carboxylic acids is 1. The normalized spacial score (nSPS) is 23.4. The molecule has 1 aromatic carbocycles. The van der Waals surface area contributed by atoms with Crippen LogP contribution in [0.2, 0.25) is 0 Å². The third-order valence-corrected chi connectivity index (χ3v) is 5.25. The Morgan fingerprint density at radius 2 is 2.05 bits per heavy atom. The van der Waals surface area contributed by atoms with E-state index >= 15 is 0 Å². The fraction of sp³-hybridized carbons (Fsp3) is 0.611. The molecule has 0 radical (unpaired) electrons. The van der Waals surface area contributed by atoms with Crippen molar-refractivity contribution in [2.24, 2.45) is 17.8 Å². The first-order valence-electron chi connectivity index (χ1n) is 8.46. The average molecular weight is 302 g/mol. The van der Waals surface area contributed by atoms with Gasteiger partial charge in [-0.25, -0.2) is 0 Å². The van der Waals surface area contributed by atoms with Gasteiger partial charge in [0.15, 0.2) is 0 Å². The van der Waals surface area contributed by atoms with Crippen molar-refractivity contribution in [3.63, 3.8) is 0 Å². The van der Waals surface area contributed by atoms with E-state index in [0.29, 0.717) is 18.3 Å². The highest BCUT2D eigenvalue weighted by Crippen LogP contribution is 2.34. The van der Waals surface area contributed by atoms with Crippen molar-refractivity contribution in [3.8, 4) is 0 Å². The molecule has 0 spiro atoms. The van der Waals surface area contributed by atoms with E-state index in [1.807, 2.05) is 0 Å². The summed E-state index contributed by atoms with van der Waals surface area (Å²) in [7, 11) is 0. The van der Waals surface area contributed by atoms with Crippen molar-refractivity contribution in [2.45, 2.75) is 32.1 Å². The zero-order valence-corrected chi connectivity index (χ0v) is 13.1. The first-order chi connectivity index (χ1) is 10.7. The Kier molecular flexibility index (Phi) is 4.98. The third-order valence-electron chi connectivity index (χ3n) is 5.25. The molecule has 0 unspecified atom stereocenters. The second-order valence-electron chi connectivity index (χ2n) is 6.79. The first-order valence-corrected chi connectivity index (χ1v) is 8.46. The van der Waals surface area contributed by atoms with E-state index in [1.165, 1.54) is 24.1 Å². The number of benzene rings is 1. The summed E-state index contributed by atoms with van der Waals surface area (Å²) in [4.78, 5) is 11.3. The molecule has 2 aliphatic rings. The highest BCUT2D eigenvalue weighted by atomic mass is 16.4. The molecule has 0 bridgehead atoms. The summed E-state index contributed by atoms with van der Waals surface area (Å²) in [5.74, 6) is 0.739. The minimum atomic E-state index is -0.655. The summed E-state index contributed by atoms with van der Waals surface area (Å²) in [5, 5.41) is 16.2. The van der Waals surface area contributed by atoms with Gasteiger partial charge in [0.05, 0.1) is 0 Å². The van der Waals surface area contributed by atoms with Crippen molar-refractivity contribution < 1.29 is 9.90 Å². The number of hydrogen-bond acceptors (Lipinski definition) is 3. The van der Waals surface area contributed by atoms with Crippen LogP contribution in [0.3, 0.4) is 0 Å². The summed E-state index contributed by atoms with van der Waals surface area (Å²) >= 11 is 0. The van der Waals surface area contributed by atoms with Gasteiger partial charge in [-0.1, -0.05) is 18.2 Å². The Bertz CT molecular complexity index is 512. The molecule has 4 heteroatoms. The fourth-order valence-corrected chi connectivity index (χ4v) is 4.01. The second-order valence-corrected chi connectivity index (χ2v) is 6.79. The maximum Gasteiger partial charge on any atom is 0.303 e. The molecule has 0 amide bonds. The number of piperidine rings is 1. The Balaban J connectivity index is 1.68. The van der Waals surface area contributed by atoms with Crippen LogP contribution in [0.5, 0.6) is 0 Å². The highest BCUT2D eigenvalue weighted by molar-refractivity contribution is 5.67. The molecule has 3 N–H and O–H groups in total. The lowest BCUT2D eigenvalue weighted by molar-refractivity contribution is -0.138. The highest BCUT2D eigenvalue weighted by Gasteiger charge is 2.30. The minimum Gasteiger partial charge on any atom is -0.481 e. The average Bonchev–Trinajstić information content (AvgIpc) is 2.54. The molecule has 22 heavy (non-hydrogen) atoms. The number of carbonyl (C=O) groups is 1. The molecule has 2 heterocycles. The number of nitrogens with one attached hydrogen (secondary N) is 2. The van der Waals surface area contributed by atoms with E-state index in [-0.39, 0.29) is 5.92 Å². The van der Waals surface area contributed by atoms with Crippen LogP contribution >= 0.6 is 0 Å². The van der Waals surface area contributed by atoms with E-state index in [2.05, 4.69) is 34.9 Å². The van der Waals surface area contributed by atoms with E-state index in [9.17, 15) is 9.90 Å². The van der Waals surface area contributed by atoms with Crippen LogP contribution in [0, 0.1) is 17.8 Å². The number of para-hydroxylation sites is 1. The Labute approximate surface area is 132 Å². The lowest BCUT2D eigenvalue weighted by atomic mass is 9.76. The van der Waals surface area contributed by atoms with Crippen LogP contribution < -0.4 is 10.6 Å². The number of rotatable bonds is 5. The van der Waals surface area contributed by atoms with Gasteiger partial charge >= 0.3 is 5.97 Å². The SMILES string of the molecule is O=C(O)C[C@H](CC1CCNCC1)[C@H]1CNc2ccccc2C1. The predicted molar refractivity (Wildman–Crippen MR) is 88.1 cm³/mol. The van der Waals surface area contributed by atoms with Crippen LogP contribution in [0.1, 0.15) is 31.2 Å². The Morgan fingerprint density at radius 3 is 2.82 bits per heavy atom. The molecule has 0 aromatic heterocycles. The standard InChI is InChI=1S/C18H26N2O2/c21-18(22)11-15(9-13-5-7-19-8-6-13)16-10-14-3-1-2-4-17(14)20-12-16/h1-4,13,15-16,19-20H,5-12H2,(H,21,22)/t15-,16+/m0/s1. The summed E-state index contributed by atoms with van der Waals surface area (Å²) < 4.78 is 0. The zero-order chi connectivity index (χ0) is 15.4. The fourth-order valence-electron chi connectivity index (χ4n) is 4.01. The molecule has 0 aliphatic carbocycles. The van der Waals surface area contributed by atoms with Crippen molar-refractivity contribution in [2.75, 3.05) is 25.0 Å². The van der Waals surface area contributed by atoms with Crippen molar-refractivity contribution in [3.05, 3.63) is 29.8 Å². The number of carboxylic acid groups (broad SMARTS) is 1. The number of anilines is 1. The molecule has 4 nitrogen and oxygen atoms in total. The van der Waals surface area contributed by atoms with Gasteiger partial charge in [-0.05, 0) is 68.2 Å². The van der Waals surface area contributed by atoms with Crippen LogP contribution in [0.25, 0.3) is 0 Å².